The van der Waals surface area contributed by atoms with Gasteiger partial charge in [0.15, 0.2) is 0 Å². The Morgan fingerprint density at radius 2 is 1.57 bits per heavy atom. The molecule has 0 saturated carbocycles. The summed E-state index contributed by atoms with van der Waals surface area (Å²) in [5, 5.41) is 0. The van der Waals surface area contributed by atoms with Crippen LogP contribution in [0.5, 0.6) is 0 Å². The molecule has 0 aliphatic rings. The van der Waals surface area contributed by atoms with Gasteiger partial charge in [0.2, 0.25) is 0 Å². The van der Waals surface area contributed by atoms with E-state index in [2.05, 4.69) is 27.4 Å². The first-order valence-electron chi connectivity index (χ1n) is 2.39. The first kappa shape index (κ1) is 7.54. The van der Waals surface area contributed by atoms with Crippen molar-refractivity contribution in [1.82, 2.24) is 0 Å². The van der Waals surface area contributed by atoms with Crippen molar-refractivity contribution in [2.75, 3.05) is 0 Å². The van der Waals surface area contributed by atoms with Crippen molar-refractivity contribution in [3.05, 3.63) is 10.2 Å². The molecule has 0 nitrogen and oxygen atoms in total. The van der Waals surface area contributed by atoms with Gasteiger partial charge in [0.25, 0.3) is 0 Å². The summed E-state index contributed by atoms with van der Waals surface area (Å²) in [5.74, 6) is 0. The summed E-state index contributed by atoms with van der Waals surface area (Å²) in [5.41, 5.74) is 0.363. The fourth-order valence-corrected chi connectivity index (χ4v) is 0. The average Bonchev–Trinajstić information content (AvgIpc) is 1.31. The number of rotatable bonds is 0. The summed E-state index contributed by atoms with van der Waals surface area (Å²) in [7, 11) is 0. The normalized spacial score (nSPS) is 11.4. The van der Waals surface area contributed by atoms with Gasteiger partial charge in [0.1, 0.15) is 0 Å². The maximum atomic E-state index is 3.88. The zero-order valence-electron chi connectivity index (χ0n) is 5.28. The third-order valence-electron chi connectivity index (χ3n) is 0.963. The van der Waals surface area contributed by atoms with Crippen molar-refractivity contribution in [3.63, 3.8) is 0 Å². The minimum atomic E-state index is 0.363. The number of hydrogen-bond acceptors (Lipinski definition) is 0. The van der Waals surface area contributed by atoms with Gasteiger partial charge in [-0.15, -0.1) is 0 Å². The Bertz CT molecular complexity index is 76.7. The summed E-state index contributed by atoms with van der Waals surface area (Å²) in [6.45, 7) is 10.5. The molecule has 0 N–H and O–H groups in total. The second-order valence-corrected chi connectivity index (χ2v) is 4.76. The van der Waals surface area contributed by atoms with Gasteiger partial charge >= 0.3 is 58.9 Å². The quantitative estimate of drug-likeness (QED) is 0.522. The number of hydrogen-bond donors (Lipinski definition) is 0. The fraction of sp³-hybridized carbons (Fsp3) is 0.667. The summed E-state index contributed by atoms with van der Waals surface area (Å²) in [4.78, 5) is 0. The predicted octanol–water partition coefficient (Wildman–Crippen LogP) is 1.45. The van der Waals surface area contributed by atoms with Crippen LogP contribution in [0.4, 0.5) is 0 Å². The zero-order valence-corrected chi connectivity index (χ0v) is 8.58. The summed E-state index contributed by atoms with van der Waals surface area (Å²) in [6, 6.07) is 0. The molecular weight excluding hydrogens is 191 g/mol. The van der Waals surface area contributed by atoms with E-state index in [1.807, 2.05) is 0 Å². The van der Waals surface area contributed by atoms with Gasteiger partial charge in [0.05, 0.1) is 0 Å². The van der Waals surface area contributed by atoms with E-state index >= 15 is 0 Å². The molecule has 0 aromatic carbocycles. The van der Waals surface area contributed by atoms with E-state index in [0.29, 0.717) is 5.41 Å². The molecule has 0 atom stereocenters. The molecule has 0 bridgehead atoms. The monoisotopic (exact) mass is 204 g/mol. The molecule has 1 heteroatoms. The van der Waals surface area contributed by atoms with Gasteiger partial charge in [-0.2, -0.15) is 0 Å². The SMILES string of the molecule is C=[C]([SnH])C(C)(C)C. The van der Waals surface area contributed by atoms with Gasteiger partial charge in [-0.05, 0) is 0 Å². The molecular formula is C6H12Sn. The van der Waals surface area contributed by atoms with Gasteiger partial charge in [0, 0.05) is 0 Å². The van der Waals surface area contributed by atoms with Crippen LogP contribution in [0.2, 0.25) is 0 Å². The van der Waals surface area contributed by atoms with Crippen molar-refractivity contribution < 1.29 is 0 Å². The van der Waals surface area contributed by atoms with Crippen molar-refractivity contribution >= 4 is 22.5 Å². The van der Waals surface area contributed by atoms with Crippen LogP contribution in [0.1, 0.15) is 20.8 Å². The standard InChI is InChI=1S/C6H11.Sn.H/c1-5-6(2,3)4;;/h1H2,2-4H3;;. The molecule has 0 aliphatic heterocycles. The summed E-state index contributed by atoms with van der Waals surface area (Å²) in [6.07, 6.45) is 0. The van der Waals surface area contributed by atoms with Crippen LogP contribution in [-0.4, -0.2) is 22.5 Å². The Morgan fingerprint density at radius 3 is 1.57 bits per heavy atom. The molecule has 0 amide bonds. The van der Waals surface area contributed by atoms with Gasteiger partial charge in [-0.25, -0.2) is 0 Å². The van der Waals surface area contributed by atoms with Crippen LogP contribution >= 0.6 is 0 Å². The molecule has 0 saturated heterocycles. The molecule has 0 rings (SSSR count). The Hall–Kier alpha value is 0.539. The summed E-state index contributed by atoms with van der Waals surface area (Å²) >= 11 is 1.19. The van der Waals surface area contributed by atoms with E-state index in [0.717, 1.165) is 0 Å². The minimum absolute atomic E-state index is 0.363. The van der Waals surface area contributed by atoms with Crippen molar-refractivity contribution in [2.24, 2.45) is 5.41 Å². The van der Waals surface area contributed by atoms with E-state index in [1.54, 1.807) is 0 Å². The van der Waals surface area contributed by atoms with Crippen LogP contribution in [0.3, 0.4) is 0 Å². The number of allylic oxidation sites excluding steroid dienone is 1. The van der Waals surface area contributed by atoms with Crippen molar-refractivity contribution in [3.8, 4) is 0 Å². The average molecular weight is 203 g/mol. The third kappa shape index (κ3) is 3.15. The van der Waals surface area contributed by atoms with Crippen LogP contribution in [-0.2, 0) is 0 Å². The van der Waals surface area contributed by atoms with Gasteiger partial charge in [-0.3, -0.25) is 0 Å². The zero-order chi connectivity index (χ0) is 6.08. The molecule has 0 aliphatic carbocycles. The molecule has 0 fully saturated rings. The molecule has 2 radical (unpaired) electrons. The van der Waals surface area contributed by atoms with E-state index in [4.69, 9.17) is 0 Å². The Kier molecular flexibility index (Phi) is 2.37. The molecule has 0 spiro atoms. The van der Waals surface area contributed by atoms with E-state index in [9.17, 15) is 0 Å². The van der Waals surface area contributed by atoms with Crippen LogP contribution in [0.25, 0.3) is 0 Å². The van der Waals surface area contributed by atoms with E-state index in [1.165, 1.54) is 26.1 Å². The van der Waals surface area contributed by atoms with Crippen LogP contribution < -0.4 is 0 Å². The summed E-state index contributed by atoms with van der Waals surface area (Å²) < 4.78 is 1.37. The first-order chi connectivity index (χ1) is 2.94. The maximum absolute atomic E-state index is 3.88. The second kappa shape index (κ2) is 2.20. The molecule has 40 valence electrons. The molecule has 7 heavy (non-hydrogen) atoms. The van der Waals surface area contributed by atoms with Crippen molar-refractivity contribution in [2.45, 2.75) is 20.8 Å². The van der Waals surface area contributed by atoms with Crippen LogP contribution in [0, 0.1) is 5.41 Å². The molecule has 0 heterocycles. The molecule has 0 aromatic rings. The van der Waals surface area contributed by atoms with E-state index in [-0.39, 0.29) is 0 Å². The first-order valence-corrected chi connectivity index (χ1v) is 4.04. The van der Waals surface area contributed by atoms with Crippen molar-refractivity contribution in [1.29, 1.82) is 0 Å². The Balaban J connectivity index is 3.79. The predicted molar refractivity (Wildman–Crippen MR) is 35.7 cm³/mol. The van der Waals surface area contributed by atoms with Gasteiger partial charge in [-0.1, -0.05) is 0 Å². The van der Waals surface area contributed by atoms with Gasteiger partial charge < -0.3 is 0 Å². The third-order valence-corrected chi connectivity index (χ3v) is 3.44. The second-order valence-electron chi connectivity index (χ2n) is 2.78. The topological polar surface area (TPSA) is 0 Å². The molecule has 0 unspecified atom stereocenters. The van der Waals surface area contributed by atoms with E-state index < -0.39 is 0 Å². The fourth-order valence-electron chi connectivity index (χ4n) is 0. The van der Waals surface area contributed by atoms with Crippen LogP contribution in [0.15, 0.2) is 10.2 Å². The Labute approximate surface area is 59.1 Å². The Morgan fingerprint density at radius 1 is 1.43 bits per heavy atom. The molecule has 0 aromatic heterocycles.